The predicted octanol–water partition coefficient (Wildman–Crippen LogP) is 3.78. The quantitative estimate of drug-likeness (QED) is 0.854. The lowest BCUT2D eigenvalue weighted by molar-refractivity contribution is 0.229. The van der Waals surface area contributed by atoms with Gasteiger partial charge < -0.3 is 10.2 Å². The van der Waals surface area contributed by atoms with Crippen molar-refractivity contribution in [2.24, 2.45) is 0 Å². The fourth-order valence-electron chi connectivity index (χ4n) is 1.05. The average Bonchev–Trinajstić information content (AvgIpc) is 2.22. The molecule has 0 radical (unpaired) electrons. The van der Waals surface area contributed by atoms with E-state index in [9.17, 15) is 4.79 Å². The minimum absolute atomic E-state index is 0.196. The lowest BCUT2D eigenvalue weighted by Gasteiger charge is -2.17. The van der Waals surface area contributed by atoms with Crippen molar-refractivity contribution >= 4 is 46.7 Å². The summed E-state index contributed by atoms with van der Waals surface area (Å²) >= 11 is 13.3. The molecule has 16 heavy (non-hydrogen) atoms. The molecule has 0 heterocycles. The molecule has 0 spiro atoms. The minimum atomic E-state index is -0.196. The van der Waals surface area contributed by atoms with Gasteiger partial charge in [0, 0.05) is 12.1 Å². The second kappa shape index (κ2) is 6.23. The maximum Gasteiger partial charge on any atom is 0.322 e. The number of nitrogens with one attached hydrogen (secondary N) is 1. The third-order valence-electron chi connectivity index (χ3n) is 1.84. The molecule has 1 N–H and O–H groups in total. The van der Waals surface area contributed by atoms with E-state index in [4.69, 9.17) is 23.2 Å². The molecule has 1 aromatic rings. The lowest BCUT2D eigenvalue weighted by atomic mass is 10.3. The molecular weight excluding hydrogens is 267 g/mol. The van der Waals surface area contributed by atoms with Crippen LogP contribution in [0, 0.1) is 0 Å². The van der Waals surface area contributed by atoms with E-state index >= 15 is 0 Å². The molecule has 0 aliphatic heterocycles. The van der Waals surface area contributed by atoms with Gasteiger partial charge in [-0.05, 0) is 24.5 Å². The first-order valence-corrected chi connectivity index (χ1v) is 6.65. The smallest absolute Gasteiger partial charge is 0.318 e. The van der Waals surface area contributed by atoms with Gasteiger partial charge in [-0.2, -0.15) is 0 Å². The third kappa shape index (κ3) is 3.77. The zero-order chi connectivity index (χ0) is 12.1. The normalized spacial score (nSPS) is 10.0. The van der Waals surface area contributed by atoms with Crippen LogP contribution < -0.4 is 5.32 Å². The summed E-state index contributed by atoms with van der Waals surface area (Å²) in [4.78, 5) is 13.2. The number of halogens is 2. The molecule has 0 saturated heterocycles. The topological polar surface area (TPSA) is 32.3 Å². The van der Waals surface area contributed by atoms with Gasteiger partial charge >= 0.3 is 6.03 Å². The summed E-state index contributed by atoms with van der Waals surface area (Å²) in [5, 5.41) is 3.68. The second-order valence-electron chi connectivity index (χ2n) is 3.17. The molecule has 88 valence electrons. The maximum absolute atomic E-state index is 11.6. The maximum atomic E-state index is 11.6. The van der Waals surface area contributed by atoms with Crippen LogP contribution in [0.4, 0.5) is 10.5 Å². The van der Waals surface area contributed by atoms with Gasteiger partial charge in [-0.15, -0.1) is 11.8 Å². The molecule has 0 atom stereocenters. The van der Waals surface area contributed by atoms with Crippen LogP contribution in [-0.2, 0) is 0 Å². The first-order valence-electron chi connectivity index (χ1n) is 4.50. The largest absolute Gasteiger partial charge is 0.322 e. The Morgan fingerprint density at radius 1 is 1.50 bits per heavy atom. The number of hydrogen-bond donors (Lipinski definition) is 1. The van der Waals surface area contributed by atoms with Crippen molar-refractivity contribution in [2.45, 2.75) is 0 Å². The number of anilines is 1. The number of carbonyl (C=O) groups excluding carboxylic acids is 1. The molecule has 6 heteroatoms. The molecule has 0 aliphatic carbocycles. The number of nitrogens with zero attached hydrogens (tertiary/aromatic N) is 1. The molecule has 0 unspecified atom stereocenters. The van der Waals surface area contributed by atoms with Gasteiger partial charge in [0.05, 0.1) is 16.6 Å². The summed E-state index contributed by atoms with van der Waals surface area (Å²) in [6.07, 6.45) is 1.93. The lowest BCUT2D eigenvalue weighted by Crippen LogP contribution is -2.30. The minimum Gasteiger partial charge on any atom is -0.318 e. The fraction of sp³-hybridized carbons (Fsp3) is 0.300. The number of benzene rings is 1. The molecular formula is C10H12Cl2N2OS. The van der Waals surface area contributed by atoms with E-state index in [0.29, 0.717) is 21.6 Å². The van der Waals surface area contributed by atoms with Gasteiger partial charge in [0.25, 0.3) is 0 Å². The van der Waals surface area contributed by atoms with E-state index in [1.165, 1.54) is 0 Å². The Balaban J connectivity index is 2.69. The van der Waals surface area contributed by atoms with Crippen molar-refractivity contribution in [3.05, 3.63) is 28.2 Å². The van der Waals surface area contributed by atoms with Gasteiger partial charge in [-0.3, -0.25) is 0 Å². The van der Waals surface area contributed by atoms with E-state index in [1.807, 2.05) is 6.26 Å². The SMILES string of the molecule is CSCN(C)C(=O)Nc1ccc(Cl)cc1Cl. The zero-order valence-electron chi connectivity index (χ0n) is 8.96. The molecule has 0 aliphatic rings. The van der Waals surface area contributed by atoms with Gasteiger partial charge in [-0.1, -0.05) is 23.2 Å². The van der Waals surface area contributed by atoms with E-state index in [2.05, 4.69) is 5.32 Å². The molecule has 0 fully saturated rings. The first kappa shape index (κ1) is 13.5. The van der Waals surface area contributed by atoms with Crippen molar-refractivity contribution in [3.63, 3.8) is 0 Å². The van der Waals surface area contributed by atoms with E-state index in [0.717, 1.165) is 0 Å². The third-order valence-corrected chi connectivity index (χ3v) is 3.04. The first-order chi connectivity index (χ1) is 7.54. The molecule has 0 aromatic heterocycles. The standard InChI is InChI=1S/C10H12Cl2N2OS/c1-14(6-16-2)10(15)13-9-4-3-7(11)5-8(9)12/h3-5H,6H2,1-2H3,(H,13,15). The Morgan fingerprint density at radius 3 is 2.75 bits per heavy atom. The van der Waals surface area contributed by atoms with Crippen molar-refractivity contribution in [3.8, 4) is 0 Å². The van der Waals surface area contributed by atoms with Crippen LogP contribution in [0.3, 0.4) is 0 Å². The average molecular weight is 279 g/mol. The summed E-state index contributed by atoms with van der Waals surface area (Å²) in [5.74, 6) is 0.622. The molecule has 0 saturated carbocycles. The van der Waals surface area contributed by atoms with Crippen molar-refractivity contribution < 1.29 is 4.79 Å². The highest BCUT2D eigenvalue weighted by atomic mass is 35.5. The van der Waals surface area contributed by atoms with Crippen LogP contribution in [0.1, 0.15) is 0 Å². The Labute approximate surface area is 109 Å². The van der Waals surface area contributed by atoms with E-state index < -0.39 is 0 Å². The molecule has 1 aromatic carbocycles. The summed E-state index contributed by atoms with van der Waals surface area (Å²) in [6, 6.07) is 4.75. The molecule has 2 amide bonds. The van der Waals surface area contributed by atoms with Crippen LogP contribution >= 0.6 is 35.0 Å². The van der Waals surface area contributed by atoms with Gasteiger partial charge in [0.2, 0.25) is 0 Å². The summed E-state index contributed by atoms with van der Waals surface area (Å²) < 4.78 is 0. The predicted molar refractivity (Wildman–Crippen MR) is 71.6 cm³/mol. The number of urea groups is 1. The number of thioether (sulfide) groups is 1. The highest BCUT2D eigenvalue weighted by molar-refractivity contribution is 7.98. The van der Waals surface area contributed by atoms with Crippen LogP contribution in [-0.4, -0.2) is 30.1 Å². The van der Waals surface area contributed by atoms with Crippen LogP contribution in [0.2, 0.25) is 10.0 Å². The van der Waals surface area contributed by atoms with Crippen molar-refractivity contribution in [1.82, 2.24) is 4.90 Å². The van der Waals surface area contributed by atoms with E-state index in [-0.39, 0.29) is 6.03 Å². The summed E-state index contributed by atoms with van der Waals surface area (Å²) in [6.45, 7) is 0. The van der Waals surface area contributed by atoms with Gasteiger partial charge in [0.1, 0.15) is 0 Å². The Bertz CT molecular complexity index is 387. The molecule has 0 bridgehead atoms. The zero-order valence-corrected chi connectivity index (χ0v) is 11.3. The molecule has 3 nitrogen and oxygen atoms in total. The number of amides is 2. The summed E-state index contributed by atoms with van der Waals surface area (Å²) in [5.41, 5.74) is 0.559. The molecule has 1 rings (SSSR count). The Morgan fingerprint density at radius 2 is 2.19 bits per heavy atom. The van der Waals surface area contributed by atoms with Gasteiger partial charge in [-0.25, -0.2) is 4.79 Å². The van der Waals surface area contributed by atoms with Crippen molar-refractivity contribution in [2.75, 3.05) is 24.5 Å². The number of rotatable bonds is 3. The highest BCUT2D eigenvalue weighted by Gasteiger charge is 2.09. The van der Waals surface area contributed by atoms with Crippen molar-refractivity contribution in [1.29, 1.82) is 0 Å². The number of carbonyl (C=O) groups is 1. The Kier molecular flexibility index (Phi) is 5.25. The fourth-order valence-corrected chi connectivity index (χ4v) is 2.01. The van der Waals surface area contributed by atoms with Gasteiger partial charge in [0.15, 0.2) is 0 Å². The van der Waals surface area contributed by atoms with Crippen LogP contribution in [0.15, 0.2) is 18.2 Å². The monoisotopic (exact) mass is 278 g/mol. The Hall–Kier alpha value is -0.580. The van der Waals surface area contributed by atoms with E-state index in [1.54, 1.807) is 41.9 Å². The van der Waals surface area contributed by atoms with Crippen LogP contribution in [0.5, 0.6) is 0 Å². The highest BCUT2D eigenvalue weighted by Crippen LogP contribution is 2.25. The summed E-state index contributed by atoms with van der Waals surface area (Å²) in [7, 11) is 1.72. The second-order valence-corrected chi connectivity index (χ2v) is 4.85. The van der Waals surface area contributed by atoms with Crippen LogP contribution in [0.25, 0.3) is 0 Å². The number of hydrogen-bond acceptors (Lipinski definition) is 2.